The van der Waals surface area contributed by atoms with Crippen molar-refractivity contribution in [1.29, 1.82) is 0 Å². The van der Waals surface area contributed by atoms with Gasteiger partial charge in [-0.25, -0.2) is 9.07 Å². The number of benzene rings is 2. The molecule has 0 radical (unpaired) electrons. The number of aryl methyl sites for hydroxylation is 2. The number of carboxylic acids is 1. The fraction of sp³-hybridized carbons (Fsp3) is 0.448. The van der Waals surface area contributed by atoms with Crippen LogP contribution in [-0.4, -0.2) is 39.5 Å². The van der Waals surface area contributed by atoms with Crippen LogP contribution in [0.5, 0.6) is 0 Å². The summed E-state index contributed by atoms with van der Waals surface area (Å²) in [6.45, 7) is 3.29. The molecule has 3 fully saturated rings. The van der Waals surface area contributed by atoms with E-state index < -0.39 is 5.97 Å². The number of para-hydroxylation sites is 1. The van der Waals surface area contributed by atoms with Gasteiger partial charge in [-0.15, -0.1) is 0 Å². The number of carboxylic acid groups (broad SMARTS) is 1. The van der Waals surface area contributed by atoms with Gasteiger partial charge in [-0.1, -0.05) is 29.8 Å². The Bertz CT molecular complexity index is 1320. The Morgan fingerprint density at radius 2 is 2.08 bits per heavy atom. The van der Waals surface area contributed by atoms with Gasteiger partial charge in [0.25, 0.3) is 0 Å². The predicted octanol–water partition coefficient (Wildman–Crippen LogP) is 6.05. The Balaban J connectivity index is 1.15. The maximum absolute atomic E-state index is 14.9. The summed E-state index contributed by atoms with van der Waals surface area (Å²) in [6.07, 6.45) is 6.66. The molecule has 3 aromatic rings. The van der Waals surface area contributed by atoms with Crippen molar-refractivity contribution >= 4 is 23.3 Å². The molecule has 0 spiro atoms. The monoisotopic (exact) mass is 523 g/mol. The average molecular weight is 524 g/mol. The Morgan fingerprint density at radius 3 is 2.76 bits per heavy atom. The van der Waals surface area contributed by atoms with Crippen LogP contribution in [0.25, 0.3) is 5.69 Å². The van der Waals surface area contributed by atoms with Crippen molar-refractivity contribution in [2.24, 2.45) is 5.92 Å². The Labute approximate surface area is 221 Å². The molecule has 1 saturated heterocycles. The van der Waals surface area contributed by atoms with Crippen LogP contribution >= 0.6 is 11.6 Å². The number of hydrogen-bond donors (Lipinski definition) is 1. The summed E-state index contributed by atoms with van der Waals surface area (Å²) in [5.74, 6) is -0.256. The first-order valence-electron chi connectivity index (χ1n) is 13.1. The fourth-order valence-electron chi connectivity index (χ4n) is 6.13. The fourth-order valence-corrected chi connectivity index (χ4v) is 6.43. The lowest BCUT2D eigenvalue weighted by Crippen LogP contribution is -2.39. The summed E-state index contributed by atoms with van der Waals surface area (Å²) in [5.41, 5.74) is 5.65. The van der Waals surface area contributed by atoms with Crippen molar-refractivity contribution in [3.8, 4) is 5.69 Å². The van der Waals surface area contributed by atoms with E-state index in [1.54, 1.807) is 6.07 Å². The molecule has 3 aliphatic rings. The lowest BCUT2D eigenvalue weighted by Gasteiger charge is -2.33. The molecule has 1 N–H and O–H groups in total. The molecule has 2 aliphatic carbocycles. The molecule has 2 bridgehead atoms. The summed E-state index contributed by atoms with van der Waals surface area (Å²) >= 11 is 6.58. The molecule has 194 valence electrons. The average Bonchev–Trinajstić information content (AvgIpc) is 3.32. The Hall–Kier alpha value is -2.90. The summed E-state index contributed by atoms with van der Waals surface area (Å²) in [7, 11) is 0. The van der Waals surface area contributed by atoms with Crippen LogP contribution in [0.1, 0.15) is 60.4 Å². The minimum atomic E-state index is -0.873. The van der Waals surface area contributed by atoms with Crippen LogP contribution in [0, 0.1) is 18.7 Å². The lowest BCUT2D eigenvalue weighted by molar-refractivity contribution is -0.136. The van der Waals surface area contributed by atoms with Crippen molar-refractivity contribution in [2.45, 2.75) is 70.1 Å². The van der Waals surface area contributed by atoms with Gasteiger partial charge in [0.05, 0.1) is 41.0 Å². The van der Waals surface area contributed by atoms with E-state index in [1.165, 1.54) is 24.5 Å². The lowest BCUT2D eigenvalue weighted by atomic mass is 10.0. The standard InChI is InChI=1S/C29H31ClFN3O3/c1-17-3-2-4-23(30)29(17)34-26(22(14-32-34)19-7-8-19)16-37-27-13-21-12-20(27)15-33(21)25-9-5-18(11-24(25)31)6-10-28(35)36/h2-5,9,11,14,19-21,27H,6-8,10,12-13,15-16H2,1H3,(H,35,36)/t20-,21-,27+/m0/s1. The van der Waals surface area contributed by atoms with Gasteiger partial charge in [0.15, 0.2) is 0 Å². The zero-order chi connectivity index (χ0) is 25.7. The van der Waals surface area contributed by atoms with E-state index in [1.807, 2.05) is 42.1 Å². The highest BCUT2D eigenvalue weighted by molar-refractivity contribution is 6.32. The van der Waals surface area contributed by atoms with Crippen molar-refractivity contribution < 1.29 is 19.0 Å². The van der Waals surface area contributed by atoms with Crippen molar-refractivity contribution in [3.63, 3.8) is 0 Å². The number of aromatic nitrogens is 2. The topological polar surface area (TPSA) is 67.6 Å². The van der Waals surface area contributed by atoms with Gasteiger partial charge in [-0.3, -0.25) is 4.79 Å². The highest BCUT2D eigenvalue weighted by Gasteiger charge is 2.46. The molecule has 0 unspecified atom stereocenters. The normalized spacial score (nSPS) is 22.7. The van der Waals surface area contributed by atoms with Crippen LogP contribution in [0.3, 0.4) is 0 Å². The third-order valence-electron chi connectivity index (χ3n) is 8.18. The second-order valence-electron chi connectivity index (χ2n) is 10.7. The predicted molar refractivity (Wildman–Crippen MR) is 140 cm³/mol. The summed E-state index contributed by atoms with van der Waals surface area (Å²) in [6, 6.07) is 11.3. The van der Waals surface area contributed by atoms with Crippen LogP contribution in [0.2, 0.25) is 5.02 Å². The maximum atomic E-state index is 14.9. The number of anilines is 1. The van der Waals surface area contributed by atoms with Gasteiger partial charge in [0, 0.05) is 24.9 Å². The first kappa shape index (κ1) is 24.4. The molecule has 2 aromatic carbocycles. The molecule has 6 rings (SSSR count). The Morgan fingerprint density at radius 1 is 1.24 bits per heavy atom. The second-order valence-corrected chi connectivity index (χ2v) is 11.1. The highest BCUT2D eigenvalue weighted by Crippen LogP contribution is 2.45. The van der Waals surface area contributed by atoms with Crippen molar-refractivity contribution in [1.82, 2.24) is 9.78 Å². The van der Waals surface area contributed by atoms with Crippen molar-refractivity contribution in [2.75, 3.05) is 11.4 Å². The van der Waals surface area contributed by atoms with E-state index in [0.717, 1.165) is 36.3 Å². The number of nitrogens with zero attached hydrogens (tertiary/aromatic N) is 3. The summed E-state index contributed by atoms with van der Waals surface area (Å²) < 4.78 is 23.5. The van der Waals surface area contributed by atoms with E-state index in [0.29, 0.717) is 41.1 Å². The van der Waals surface area contributed by atoms with Gasteiger partial charge in [-0.05, 0) is 79.8 Å². The number of ether oxygens (including phenoxy) is 1. The van der Waals surface area contributed by atoms with Gasteiger partial charge >= 0.3 is 5.97 Å². The van der Waals surface area contributed by atoms with E-state index in [9.17, 15) is 9.18 Å². The number of halogens is 2. The molecule has 3 atom stereocenters. The van der Waals surface area contributed by atoms with Gasteiger partial charge in [0.2, 0.25) is 0 Å². The number of piperidine rings is 1. The second kappa shape index (κ2) is 9.76. The van der Waals surface area contributed by atoms with E-state index in [-0.39, 0.29) is 24.4 Å². The van der Waals surface area contributed by atoms with Gasteiger partial charge in [0.1, 0.15) is 5.82 Å². The maximum Gasteiger partial charge on any atom is 0.303 e. The number of rotatable bonds is 9. The minimum absolute atomic E-state index is 0.00360. The first-order chi connectivity index (χ1) is 17.9. The number of carbonyl (C=O) groups is 1. The quantitative estimate of drug-likeness (QED) is 0.369. The van der Waals surface area contributed by atoms with Crippen LogP contribution in [0.4, 0.5) is 10.1 Å². The van der Waals surface area contributed by atoms with Gasteiger partial charge < -0.3 is 14.7 Å². The zero-order valence-electron chi connectivity index (χ0n) is 20.9. The molecule has 2 heterocycles. The Kier molecular flexibility index (Phi) is 6.45. The third kappa shape index (κ3) is 4.75. The van der Waals surface area contributed by atoms with E-state index >= 15 is 0 Å². The van der Waals surface area contributed by atoms with E-state index in [2.05, 4.69) is 4.90 Å². The molecule has 1 aliphatic heterocycles. The molecular formula is C29H31ClFN3O3. The van der Waals surface area contributed by atoms with Gasteiger partial charge in [-0.2, -0.15) is 5.10 Å². The highest BCUT2D eigenvalue weighted by atomic mass is 35.5. The first-order valence-corrected chi connectivity index (χ1v) is 13.5. The molecule has 37 heavy (non-hydrogen) atoms. The van der Waals surface area contributed by atoms with Crippen LogP contribution in [-0.2, 0) is 22.6 Å². The molecular weight excluding hydrogens is 493 g/mol. The third-order valence-corrected chi connectivity index (χ3v) is 8.48. The molecule has 0 amide bonds. The largest absolute Gasteiger partial charge is 0.481 e. The molecule has 8 heteroatoms. The summed E-state index contributed by atoms with van der Waals surface area (Å²) in [4.78, 5) is 13.0. The zero-order valence-corrected chi connectivity index (χ0v) is 21.6. The molecule has 2 saturated carbocycles. The number of fused-ring (bicyclic) bond motifs is 2. The smallest absolute Gasteiger partial charge is 0.303 e. The number of hydrogen-bond acceptors (Lipinski definition) is 4. The molecule has 6 nitrogen and oxygen atoms in total. The summed E-state index contributed by atoms with van der Waals surface area (Å²) in [5, 5.41) is 14.3. The van der Waals surface area contributed by atoms with Crippen LogP contribution in [0.15, 0.2) is 42.6 Å². The van der Waals surface area contributed by atoms with Crippen molar-refractivity contribution in [3.05, 3.63) is 75.8 Å². The molecule has 1 aromatic heterocycles. The van der Waals surface area contributed by atoms with E-state index in [4.69, 9.17) is 26.5 Å². The van der Waals surface area contributed by atoms with Crippen LogP contribution < -0.4 is 4.90 Å². The minimum Gasteiger partial charge on any atom is -0.481 e. The SMILES string of the molecule is Cc1cccc(Cl)c1-n1ncc(C2CC2)c1CO[C@@H]1C[C@@H]2C[C@H]1CN2c1ccc(CCC(=O)O)cc1F. The number of aliphatic carboxylic acids is 1.